The number of hydrogen-bond donors (Lipinski definition) is 1. The maximum atomic E-state index is 12.9. The summed E-state index contributed by atoms with van der Waals surface area (Å²) in [6, 6.07) is 12.7. The van der Waals surface area contributed by atoms with Gasteiger partial charge in [0.1, 0.15) is 0 Å². The zero-order chi connectivity index (χ0) is 21.8. The molecule has 0 bridgehead atoms. The molecule has 0 aliphatic carbocycles. The number of morpholine rings is 1. The monoisotopic (exact) mass is 423 g/mol. The minimum atomic E-state index is -0.960. The van der Waals surface area contributed by atoms with Crippen LogP contribution in [0.3, 0.4) is 0 Å². The number of aromatic carboxylic acids is 1. The summed E-state index contributed by atoms with van der Waals surface area (Å²) in [6.07, 6.45) is 0.845. The van der Waals surface area contributed by atoms with Crippen molar-refractivity contribution in [2.75, 3.05) is 32.9 Å². The van der Waals surface area contributed by atoms with Crippen molar-refractivity contribution in [3.05, 3.63) is 59.2 Å². The van der Waals surface area contributed by atoms with Crippen LogP contribution < -0.4 is 4.74 Å². The molecular weight excluding hydrogens is 398 g/mol. The molecule has 1 aliphatic heterocycles. The first kappa shape index (κ1) is 20.9. The van der Waals surface area contributed by atoms with Crippen LogP contribution in [0.25, 0.3) is 11.0 Å². The maximum absolute atomic E-state index is 12.9. The summed E-state index contributed by atoms with van der Waals surface area (Å²) in [5.74, 6) is -0.988. The van der Waals surface area contributed by atoms with E-state index in [1.807, 2.05) is 23.6 Å². The molecule has 1 amide bonds. The number of benzene rings is 2. The first-order valence-corrected chi connectivity index (χ1v) is 10.4. The molecule has 4 rings (SSSR count). The van der Waals surface area contributed by atoms with E-state index < -0.39 is 5.97 Å². The van der Waals surface area contributed by atoms with Crippen LogP contribution in [0.5, 0.6) is 6.01 Å². The summed E-state index contributed by atoms with van der Waals surface area (Å²) < 4.78 is 13.1. The third-order valence-electron chi connectivity index (χ3n) is 5.24. The Morgan fingerprint density at radius 1 is 1.10 bits per heavy atom. The molecule has 1 saturated heterocycles. The Morgan fingerprint density at radius 3 is 2.48 bits per heavy atom. The molecule has 1 N–H and O–H groups in total. The zero-order valence-corrected chi connectivity index (χ0v) is 17.4. The number of nitrogens with zero attached hydrogens (tertiary/aromatic N) is 3. The van der Waals surface area contributed by atoms with E-state index in [1.54, 1.807) is 35.2 Å². The second kappa shape index (κ2) is 9.18. The molecule has 2 aromatic carbocycles. The highest BCUT2D eigenvalue weighted by molar-refractivity contribution is 5.97. The summed E-state index contributed by atoms with van der Waals surface area (Å²) in [5, 5.41) is 9.13. The Morgan fingerprint density at radius 2 is 1.81 bits per heavy atom. The van der Waals surface area contributed by atoms with Crippen molar-refractivity contribution in [2.45, 2.75) is 19.9 Å². The molecule has 162 valence electrons. The summed E-state index contributed by atoms with van der Waals surface area (Å²) in [6.45, 7) is 5.26. The summed E-state index contributed by atoms with van der Waals surface area (Å²) in [5.41, 5.74) is 3.29. The molecule has 8 nitrogen and oxygen atoms in total. The highest BCUT2D eigenvalue weighted by atomic mass is 16.5. The standard InChI is InChI=1S/C23H25N3O5/c1-2-11-31-23-24-19-8-7-18(21(27)25-9-12-30-13-10-25)14-20(19)26(23)15-16-3-5-17(6-4-16)22(28)29/h3-8,14H,2,9-13,15H2,1H3,(H,28,29). The summed E-state index contributed by atoms with van der Waals surface area (Å²) >= 11 is 0. The molecule has 0 unspecified atom stereocenters. The lowest BCUT2D eigenvalue weighted by atomic mass is 10.1. The van der Waals surface area contributed by atoms with Crippen LogP contribution in [0.2, 0.25) is 0 Å². The summed E-state index contributed by atoms with van der Waals surface area (Å²) in [7, 11) is 0. The van der Waals surface area contributed by atoms with E-state index in [1.165, 1.54) is 0 Å². The third kappa shape index (κ3) is 4.54. The maximum Gasteiger partial charge on any atom is 0.335 e. The number of carbonyl (C=O) groups excluding carboxylic acids is 1. The first-order chi connectivity index (χ1) is 15.1. The van der Waals surface area contributed by atoms with Gasteiger partial charge in [-0.3, -0.25) is 9.36 Å². The molecule has 2 heterocycles. The van der Waals surface area contributed by atoms with Gasteiger partial charge in [-0.05, 0) is 42.3 Å². The number of imidazole rings is 1. The van der Waals surface area contributed by atoms with E-state index in [-0.39, 0.29) is 11.5 Å². The quantitative estimate of drug-likeness (QED) is 0.628. The van der Waals surface area contributed by atoms with Crippen molar-refractivity contribution in [3.63, 3.8) is 0 Å². The van der Waals surface area contributed by atoms with Crippen molar-refractivity contribution < 1.29 is 24.2 Å². The summed E-state index contributed by atoms with van der Waals surface area (Å²) in [4.78, 5) is 30.5. The molecule has 8 heteroatoms. The van der Waals surface area contributed by atoms with Crippen molar-refractivity contribution in [2.24, 2.45) is 0 Å². The Balaban J connectivity index is 1.69. The second-order valence-corrected chi connectivity index (χ2v) is 7.44. The minimum Gasteiger partial charge on any atom is -0.478 e. The molecule has 3 aromatic rings. The molecule has 0 spiro atoms. The van der Waals surface area contributed by atoms with Crippen LogP contribution in [0, 0.1) is 0 Å². The molecule has 0 saturated carbocycles. The predicted molar refractivity (Wildman–Crippen MR) is 115 cm³/mol. The van der Waals surface area contributed by atoms with Gasteiger partial charge in [-0.25, -0.2) is 4.79 Å². The predicted octanol–water partition coefficient (Wildman–Crippen LogP) is 3.04. The average Bonchev–Trinajstić information content (AvgIpc) is 3.14. The number of carboxylic acids is 1. The van der Waals surface area contributed by atoms with Crippen LogP contribution in [-0.2, 0) is 11.3 Å². The van der Waals surface area contributed by atoms with Gasteiger partial charge in [-0.2, -0.15) is 4.98 Å². The van der Waals surface area contributed by atoms with Crippen molar-refractivity contribution in [3.8, 4) is 6.01 Å². The molecule has 1 aromatic heterocycles. The number of fused-ring (bicyclic) bond motifs is 1. The van der Waals surface area contributed by atoms with E-state index in [9.17, 15) is 9.59 Å². The van der Waals surface area contributed by atoms with Crippen LogP contribution in [-0.4, -0.2) is 64.3 Å². The fraction of sp³-hybridized carbons (Fsp3) is 0.348. The minimum absolute atomic E-state index is 0.0280. The number of ether oxygens (including phenoxy) is 2. The number of carbonyl (C=O) groups is 2. The fourth-order valence-corrected chi connectivity index (χ4v) is 3.57. The van der Waals surface area contributed by atoms with Gasteiger partial charge in [-0.15, -0.1) is 0 Å². The van der Waals surface area contributed by atoms with E-state index in [2.05, 4.69) is 4.98 Å². The molecule has 1 aliphatic rings. The lowest BCUT2D eigenvalue weighted by molar-refractivity contribution is 0.0303. The first-order valence-electron chi connectivity index (χ1n) is 10.4. The normalized spacial score (nSPS) is 14.0. The second-order valence-electron chi connectivity index (χ2n) is 7.44. The Kier molecular flexibility index (Phi) is 6.18. The van der Waals surface area contributed by atoms with Crippen LogP contribution in [0.15, 0.2) is 42.5 Å². The molecule has 0 radical (unpaired) electrons. The fourth-order valence-electron chi connectivity index (χ4n) is 3.57. The lowest BCUT2D eigenvalue weighted by Crippen LogP contribution is -2.40. The van der Waals surface area contributed by atoms with E-state index in [4.69, 9.17) is 14.6 Å². The topological polar surface area (TPSA) is 93.9 Å². The Hall–Kier alpha value is -3.39. The van der Waals surface area contributed by atoms with E-state index >= 15 is 0 Å². The van der Waals surface area contributed by atoms with Gasteiger partial charge in [0.25, 0.3) is 11.9 Å². The molecular formula is C23H25N3O5. The highest BCUT2D eigenvalue weighted by Crippen LogP contribution is 2.25. The van der Waals surface area contributed by atoms with Crippen molar-refractivity contribution >= 4 is 22.9 Å². The SMILES string of the molecule is CCCOc1nc2ccc(C(=O)N3CCOCC3)cc2n1Cc1ccc(C(=O)O)cc1. The zero-order valence-electron chi connectivity index (χ0n) is 17.4. The Labute approximate surface area is 180 Å². The molecule has 1 fully saturated rings. The highest BCUT2D eigenvalue weighted by Gasteiger charge is 2.21. The number of amides is 1. The molecule has 0 atom stereocenters. The number of hydrogen-bond acceptors (Lipinski definition) is 5. The van der Waals surface area contributed by atoms with Gasteiger partial charge in [0.05, 0.1) is 43.0 Å². The van der Waals surface area contributed by atoms with Gasteiger partial charge in [-0.1, -0.05) is 19.1 Å². The van der Waals surface area contributed by atoms with Gasteiger partial charge in [0.2, 0.25) is 0 Å². The third-order valence-corrected chi connectivity index (χ3v) is 5.24. The van der Waals surface area contributed by atoms with Gasteiger partial charge < -0.3 is 19.5 Å². The molecule has 31 heavy (non-hydrogen) atoms. The van der Waals surface area contributed by atoms with Crippen LogP contribution >= 0.6 is 0 Å². The lowest BCUT2D eigenvalue weighted by Gasteiger charge is -2.26. The number of aromatic nitrogens is 2. The van der Waals surface area contributed by atoms with E-state index in [0.29, 0.717) is 51.0 Å². The smallest absolute Gasteiger partial charge is 0.335 e. The number of rotatable bonds is 7. The van der Waals surface area contributed by atoms with Gasteiger partial charge in [0.15, 0.2) is 0 Å². The van der Waals surface area contributed by atoms with Crippen LogP contribution in [0.1, 0.15) is 39.6 Å². The van der Waals surface area contributed by atoms with Gasteiger partial charge in [0, 0.05) is 18.7 Å². The van der Waals surface area contributed by atoms with Crippen molar-refractivity contribution in [1.82, 2.24) is 14.5 Å². The number of carboxylic acid groups (broad SMARTS) is 1. The van der Waals surface area contributed by atoms with E-state index in [0.717, 1.165) is 23.0 Å². The largest absolute Gasteiger partial charge is 0.478 e. The average molecular weight is 423 g/mol. The van der Waals surface area contributed by atoms with Gasteiger partial charge >= 0.3 is 5.97 Å². The Bertz CT molecular complexity index is 1080. The van der Waals surface area contributed by atoms with Crippen LogP contribution in [0.4, 0.5) is 0 Å². The van der Waals surface area contributed by atoms with Crippen molar-refractivity contribution in [1.29, 1.82) is 0 Å².